The van der Waals surface area contributed by atoms with Crippen molar-refractivity contribution in [2.75, 3.05) is 6.61 Å². The van der Waals surface area contributed by atoms with Gasteiger partial charge in [-0.15, -0.1) is 0 Å². The molecule has 0 aromatic carbocycles. The molecule has 0 aromatic rings. The smallest absolute Gasteiger partial charge is 0.377 e. The lowest BCUT2D eigenvalue weighted by Gasteiger charge is -2.29. The zero-order valence-corrected chi connectivity index (χ0v) is 10.1. The number of alkyl halides is 2. The number of hydrogen-bond acceptors (Lipinski definition) is 4. The van der Waals surface area contributed by atoms with Gasteiger partial charge in [0.1, 0.15) is 6.61 Å². The maximum atomic E-state index is 13.0. The average molecular weight is 254 g/mol. The van der Waals surface area contributed by atoms with Gasteiger partial charge in [-0.25, -0.2) is 4.79 Å². The summed E-state index contributed by atoms with van der Waals surface area (Å²) in [5, 5.41) is 17.6. The van der Waals surface area contributed by atoms with E-state index >= 15 is 0 Å². The van der Waals surface area contributed by atoms with Crippen molar-refractivity contribution in [2.24, 2.45) is 5.41 Å². The molecule has 0 saturated heterocycles. The van der Waals surface area contributed by atoms with Crippen LogP contribution in [0.5, 0.6) is 0 Å². The first-order valence-corrected chi connectivity index (χ1v) is 4.83. The normalized spacial score (nSPS) is 16.2. The number of ether oxygens (including phenoxy) is 1. The van der Waals surface area contributed by atoms with Crippen molar-refractivity contribution in [3.63, 3.8) is 0 Å². The quantitative estimate of drug-likeness (QED) is 0.732. The molecule has 17 heavy (non-hydrogen) atoms. The van der Waals surface area contributed by atoms with Gasteiger partial charge in [-0.2, -0.15) is 8.78 Å². The second-order valence-corrected chi connectivity index (χ2v) is 4.98. The minimum atomic E-state index is -4.40. The second kappa shape index (κ2) is 4.56. The fourth-order valence-corrected chi connectivity index (χ4v) is 0.744. The van der Waals surface area contributed by atoms with Crippen LogP contribution in [0.1, 0.15) is 27.7 Å². The van der Waals surface area contributed by atoms with Crippen molar-refractivity contribution >= 4 is 11.9 Å². The van der Waals surface area contributed by atoms with E-state index < -0.39 is 35.5 Å². The Balaban J connectivity index is 4.69. The summed E-state index contributed by atoms with van der Waals surface area (Å²) < 4.78 is 30.5. The molecule has 0 amide bonds. The Kier molecular flexibility index (Phi) is 4.23. The van der Waals surface area contributed by atoms with E-state index in [0.717, 1.165) is 0 Å². The summed E-state index contributed by atoms with van der Waals surface area (Å²) in [5.74, 6) is -7.68. The second-order valence-electron chi connectivity index (χ2n) is 4.98. The molecule has 1 unspecified atom stereocenters. The van der Waals surface area contributed by atoms with Gasteiger partial charge in [-0.3, -0.25) is 4.79 Å². The van der Waals surface area contributed by atoms with Gasteiger partial charge in [0.25, 0.3) is 0 Å². The van der Waals surface area contributed by atoms with E-state index in [9.17, 15) is 23.5 Å². The first-order chi connectivity index (χ1) is 7.32. The summed E-state index contributed by atoms with van der Waals surface area (Å²) in [6, 6.07) is 0. The van der Waals surface area contributed by atoms with Gasteiger partial charge in [0.15, 0.2) is 5.60 Å². The number of carboxylic acid groups (broad SMARTS) is 1. The fourth-order valence-electron chi connectivity index (χ4n) is 0.744. The van der Waals surface area contributed by atoms with Crippen LogP contribution in [0.2, 0.25) is 0 Å². The molecule has 0 heterocycles. The van der Waals surface area contributed by atoms with E-state index in [1.165, 1.54) is 20.8 Å². The highest BCUT2D eigenvalue weighted by molar-refractivity contribution is 5.78. The number of aliphatic hydroxyl groups is 1. The van der Waals surface area contributed by atoms with Gasteiger partial charge in [0.05, 0.1) is 5.41 Å². The van der Waals surface area contributed by atoms with Gasteiger partial charge >= 0.3 is 17.9 Å². The van der Waals surface area contributed by atoms with Crippen molar-refractivity contribution in [1.29, 1.82) is 0 Å². The molecule has 0 radical (unpaired) electrons. The van der Waals surface area contributed by atoms with Crippen molar-refractivity contribution in [3.8, 4) is 0 Å². The molecule has 0 saturated carbocycles. The summed E-state index contributed by atoms with van der Waals surface area (Å²) >= 11 is 0. The minimum absolute atomic E-state index is 0.594. The van der Waals surface area contributed by atoms with Crippen LogP contribution in [0.15, 0.2) is 0 Å². The highest BCUT2D eigenvalue weighted by Crippen LogP contribution is 2.30. The highest BCUT2D eigenvalue weighted by atomic mass is 19.3. The lowest BCUT2D eigenvalue weighted by atomic mass is 9.96. The van der Waals surface area contributed by atoms with E-state index in [1.54, 1.807) is 0 Å². The van der Waals surface area contributed by atoms with Gasteiger partial charge < -0.3 is 14.9 Å². The number of hydrogen-bond donors (Lipinski definition) is 2. The van der Waals surface area contributed by atoms with Crippen LogP contribution in [0.4, 0.5) is 8.78 Å². The third kappa shape index (κ3) is 3.62. The molecule has 7 heteroatoms. The standard InChI is InChI=1S/C10H16F2O5/c1-8(2,3)7(15)17-5-9(4,16)10(11,12)6(13)14/h16H,5H2,1-4H3,(H,13,14). The van der Waals surface area contributed by atoms with Crippen LogP contribution < -0.4 is 0 Å². The van der Waals surface area contributed by atoms with Crippen molar-refractivity contribution in [3.05, 3.63) is 0 Å². The van der Waals surface area contributed by atoms with Crippen molar-refractivity contribution in [1.82, 2.24) is 0 Å². The van der Waals surface area contributed by atoms with E-state index in [-0.39, 0.29) is 0 Å². The molecular weight excluding hydrogens is 238 g/mol. The molecule has 2 N–H and O–H groups in total. The van der Waals surface area contributed by atoms with Gasteiger partial charge in [0.2, 0.25) is 0 Å². The van der Waals surface area contributed by atoms with E-state index in [1.807, 2.05) is 0 Å². The Labute approximate surface area is 97.4 Å². The fraction of sp³-hybridized carbons (Fsp3) is 0.800. The molecule has 5 nitrogen and oxygen atoms in total. The Bertz CT molecular complexity index is 317. The third-order valence-corrected chi connectivity index (χ3v) is 2.04. The molecule has 0 aliphatic carbocycles. The molecule has 0 bridgehead atoms. The van der Waals surface area contributed by atoms with E-state index in [0.29, 0.717) is 6.92 Å². The van der Waals surface area contributed by atoms with Gasteiger partial charge in [0, 0.05) is 0 Å². The molecule has 1 atom stereocenters. The number of rotatable bonds is 4. The topological polar surface area (TPSA) is 83.8 Å². The lowest BCUT2D eigenvalue weighted by Crippen LogP contribution is -2.54. The number of carboxylic acids is 1. The summed E-state index contributed by atoms with van der Waals surface area (Å²) in [6.07, 6.45) is 0. The van der Waals surface area contributed by atoms with Crippen LogP contribution in [-0.2, 0) is 14.3 Å². The molecule has 0 fully saturated rings. The molecule has 100 valence electrons. The number of aliphatic carboxylic acids is 1. The predicted octanol–water partition coefficient (Wildman–Crippen LogP) is 1.05. The Morgan fingerprint density at radius 1 is 1.18 bits per heavy atom. The number of halogens is 2. The maximum Gasteiger partial charge on any atom is 0.377 e. The molecule has 0 aliphatic rings. The first-order valence-electron chi connectivity index (χ1n) is 4.83. The average Bonchev–Trinajstić information content (AvgIpc) is 2.12. The van der Waals surface area contributed by atoms with Crippen molar-refractivity contribution < 1.29 is 33.3 Å². The van der Waals surface area contributed by atoms with Crippen LogP contribution in [-0.4, -0.2) is 40.3 Å². The lowest BCUT2D eigenvalue weighted by molar-refractivity contribution is -0.217. The number of esters is 1. The molecule has 0 aliphatic heterocycles. The SMILES string of the molecule is CC(C)(C)C(=O)OCC(C)(O)C(F)(F)C(=O)O. The van der Waals surface area contributed by atoms with Crippen LogP contribution >= 0.6 is 0 Å². The Hall–Kier alpha value is -1.24. The predicted molar refractivity (Wildman–Crippen MR) is 53.6 cm³/mol. The van der Waals surface area contributed by atoms with Crippen LogP contribution in [0.25, 0.3) is 0 Å². The summed E-state index contributed by atoms with van der Waals surface area (Å²) in [5.41, 5.74) is -3.88. The Morgan fingerprint density at radius 2 is 1.59 bits per heavy atom. The summed E-state index contributed by atoms with van der Waals surface area (Å²) in [6.45, 7) is 4.00. The summed E-state index contributed by atoms with van der Waals surface area (Å²) in [4.78, 5) is 21.5. The Morgan fingerprint density at radius 3 is 1.88 bits per heavy atom. The third-order valence-electron chi connectivity index (χ3n) is 2.04. The minimum Gasteiger partial charge on any atom is -0.477 e. The monoisotopic (exact) mass is 254 g/mol. The molecule has 0 aromatic heterocycles. The number of carbonyl (C=O) groups is 2. The molecule has 0 spiro atoms. The van der Waals surface area contributed by atoms with Crippen molar-refractivity contribution in [2.45, 2.75) is 39.2 Å². The zero-order chi connectivity index (χ0) is 14.1. The molecular formula is C10H16F2O5. The maximum absolute atomic E-state index is 13.0. The van der Waals surface area contributed by atoms with Crippen LogP contribution in [0, 0.1) is 5.41 Å². The van der Waals surface area contributed by atoms with Crippen LogP contribution in [0.3, 0.4) is 0 Å². The van der Waals surface area contributed by atoms with E-state index in [4.69, 9.17) is 5.11 Å². The van der Waals surface area contributed by atoms with Gasteiger partial charge in [-0.1, -0.05) is 0 Å². The number of carbonyl (C=O) groups excluding carboxylic acids is 1. The summed E-state index contributed by atoms with van der Waals surface area (Å²) in [7, 11) is 0. The first kappa shape index (κ1) is 15.8. The zero-order valence-electron chi connectivity index (χ0n) is 10.1. The largest absolute Gasteiger partial charge is 0.477 e. The highest BCUT2D eigenvalue weighted by Gasteiger charge is 2.57. The molecule has 0 rings (SSSR count). The van der Waals surface area contributed by atoms with E-state index in [2.05, 4.69) is 4.74 Å². The van der Waals surface area contributed by atoms with Gasteiger partial charge in [-0.05, 0) is 27.7 Å².